The maximum absolute atomic E-state index is 12.2. The molecule has 0 bridgehead atoms. The quantitative estimate of drug-likeness (QED) is 0.697. The SMILES string of the molecule is CN(C)C(=O)COc1ccc(NC(=O)CCn2cnc3ccccc32)cc1. The third-order valence-electron chi connectivity index (χ3n) is 4.11. The number of benzene rings is 2. The highest BCUT2D eigenvalue weighted by Gasteiger charge is 2.07. The molecule has 0 aliphatic heterocycles. The number of nitrogens with one attached hydrogen (secondary N) is 1. The first-order valence-corrected chi connectivity index (χ1v) is 8.65. The molecule has 1 aromatic heterocycles. The topological polar surface area (TPSA) is 76.5 Å². The van der Waals surface area contributed by atoms with Crippen molar-refractivity contribution in [2.45, 2.75) is 13.0 Å². The van der Waals surface area contributed by atoms with E-state index in [1.807, 2.05) is 28.8 Å². The minimum atomic E-state index is -0.112. The van der Waals surface area contributed by atoms with Crippen LogP contribution in [0.2, 0.25) is 0 Å². The van der Waals surface area contributed by atoms with Crippen molar-refractivity contribution >= 4 is 28.5 Å². The maximum Gasteiger partial charge on any atom is 0.259 e. The first-order valence-electron chi connectivity index (χ1n) is 8.65. The van der Waals surface area contributed by atoms with Crippen LogP contribution in [-0.4, -0.2) is 47.0 Å². The Labute approximate surface area is 157 Å². The van der Waals surface area contributed by atoms with Crippen LogP contribution < -0.4 is 10.1 Å². The van der Waals surface area contributed by atoms with Crippen molar-refractivity contribution in [1.82, 2.24) is 14.5 Å². The number of anilines is 1. The summed E-state index contributed by atoms with van der Waals surface area (Å²) in [5, 5.41) is 2.86. The predicted octanol–water partition coefficient (Wildman–Crippen LogP) is 2.53. The number of carbonyl (C=O) groups is 2. The van der Waals surface area contributed by atoms with E-state index in [9.17, 15) is 9.59 Å². The molecule has 140 valence electrons. The average molecular weight is 366 g/mol. The minimum Gasteiger partial charge on any atom is -0.484 e. The van der Waals surface area contributed by atoms with Gasteiger partial charge in [-0.1, -0.05) is 12.1 Å². The number of rotatable bonds is 7. The molecule has 0 spiro atoms. The van der Waals surface area contributed by atoms with Crippen molar-refractivity contribution in [2.24, 2.45) is 0 Å². The number of ether oxygens (including phenoxy) is 1. The van der Waals surface area contributed by atoms with Crippen molar-refractivity contribution in [3.8, 4) is 5.75 Å². The van der Waals surface area contributed by atoms with Gasteiger partial charge < -0.3 is 19.5 Å². The van der Waals surface area contributed by atoms with E-state index in [0.717, 1.165) is 11.0 Å². The van der Waals surface area contributed by atoms with Gasteiger partial charge in [0.15, 0.2) is 6.61 Å². The Kier molecular flexibility index (Phi) is 5.71. The molecule has 7 heteroatoms. The van der Waals surface area contributed by atoms with E-state index in [4.69, 9.17) is 4.74 Å². The van der Waals surface area contributed by atoms with Crippen LogP contribution in [0.15, 0.2) is 54.9 Å². The predicted molar refractivity (Wildman–Crippen MR) is 104 cm³/mol. The van der Waals surface area contributed by atoms with E-state index in [1.165, 1.54) is 4.90 Å². The highest BCUT2D eigenvalue weighted by atomic mass is 16.5. The number of hydrogen-bond donors (Lipinski definition) is 1. The molecule has 27 heavy (non-hydrogen) atoms. The van der Waals surface area contributed by atoms with Gasteiger partial charge in [-0.25, -0.2) is 4.98 Å². The van der Waals surface area contributed by atoms with Crippen LogP contribution in [0.1, 0.15) is 6.42 Å². The van der Waals surface area contributed by atoms with Gasteiger partial charge in [-0.2, -0.15) is 0 Å². The van der Waals surface area contributed by atoms with Crippen LogP contribution in [0.4, 0.5) is 5.69 Å². The number of amides is 2. The largest absolute Gasteiger partial charge is 0.484 e. The first kappa shape index (κ1) is 18.4. The molecule has 0 radical (unpaired) electrons. The number of likely N-dealkylation sites (N-methyl/N-ethyl adjacent to an activating group) is 1. The summed E-state index contributed by atoms with van der Waals surface area (Å²) in [5.41, 5.74) is 2.61. The third kappa shape index (κ3) is 4.84. The van der Waals surface area contributed by atoms with Crippen LogP contribution in [0.25, 0.3) is 11.0 Å². The van der Waals surface area contributed by atoms with Crippen molar-refractivity contribution in [3.05, 3.63) is 54.9 Å². The van der Waals surface area contributed by atoms with Crippen molar-refractivity contribution in [2.75, 3.05) is 26.0 Å². The van der Waals surface area contributed by atoms with Crippen LogP contribution in [0.3, 0.4) is 0 Å². The summed E-state index contributed by atoms with van der Waals surface area (Å²) in [5.74, 6) is 0.386. The second kappa shape index (κ2) is 8.35. The molecule has 1 N–H and O–H groups in total. The number of hydrogen-bond acceptors (Lipinski definition) is 4. The van der Waals surface area contributed by atoms with E-state index in [1.54, 1.807) is 44.7 Å². The van der Waals surface area contributed by atoms with Crippen LogP contribution in [0, 0.1) is 0 Å². The molecule has 0 aliphatic rings. The van der Waals surface area contributed by atoms with Gasteiger partial charge in [0, 0.05) is 32.7 Å². The third-order valence-corrected chi connectivity index (χ3v) is 4.11. The lowest BCUT2D eigenvalue weighted by atomic mass is 10.3. The number of nitrogens with zero attached hydrogens (tertiary/aromatic N) is 3. The summed E-state index contributed by atoms with van der Waals surface area (Å²) in [6, 6.07) is 14.8. The molecule has 0 saturated carbocycles. The van der Waals surface area contributed by atoms with E-state index in [0.29, 0.717) is 24.4 Å². The minimum absolute atomic E-state index is 0.0163. The molecular weight excluding hydrogens is 344 g/mol. The number of aryl methyl sites for hydroxylation is 1. The number of fused-ring (bicyclic) bond motifs is 1. The lowest BCUT2D eigenvalue weighted by molar-refractivity contribution is -0.130. The molecular formula is C20H22N4O3. The number of imidazole rings is 1. The Morgan fingerprint density at radius 1 is 1.11 bits per heavy atom. The lowest BCUT2D eigenvalue weighted by Gasteiger charge is -2.12. The van der Waals surface area contributed by atoms with Gasteiger partial charge >= 0.3 is 0 Å². The maximum atomic E-state index is 12.2. The van der Waals surface area contributed by atoms with E-state index in [2.05, 4.69) is 10.3 Å². The molecule has 3 aromatic rings. The smallest absolute Gasteiger partial charge is 0.259 e. The first-order chi connectivity index (χ1) is 13.0. The number of carbonyl (C=O) groups excluding carboxylic acids is 2. The summed E-state index contributed by atoms with van der Waals surface area (Å²) in [7, 11) is 3.36. The second-order valence-corrected chi connectivity index (χ2v) is 6.33. The van der Waals surface area contributed by atoms with Gasteiger partial charge in [-0.05, 0) is 36.4 Å². The Morgan fingerprint density at radius 2 is 1.85 bits per heavy atom. The fraction of sp³-hybridized carbons (Fsp3) is 0.250. The zero-order valence-corrected chi connectivity index (χ0v) is 15.4. The van der Waals surface area contributed by atoms with E-state index >= 15 is 0 Å². The lowest BCUT2D eigenvalue weighted by Crippen LogP contribution is -2.27. The summed E-state index contributed by atoms with van der Waals surface area (Å²) in [4.78, 5) is 29.5. The molecule has 0 unspecified atom stereocenters. The molecule has 0 aliphatic carbocycles. The fourth-order valence-corrected chi connectivity index (χ4v) is 2.54. The monoisotopic (exact) mass is 366 g/mol. The molecule has 2 amide bonds. The Hall–Kier alpha value is -3.35. The van der Waals surface area contributed by atoms with Gasteiger partial charge in [-0.15, -0.1) is 0 Å². The van der Waals surface area contributed by atoms with E-state index in [-0.39, 0.29) is 18.4 Å². The second-order valence-electron chi connectivity index (χ2n) is 6.33. The molecule has 0 fully saturated rings. The number of aromatic nitrogens is 2. The average Bonchev–Trinajstić information content (AvgIpc) is 3.08. The normalized spacial score (nSPS) is 10.6. The van der Waals surface area contributed by atoms with Gasteiger partial charge in [0.25, 0.3) is 5.91 Å². The van der Waals surface area contributed by atoms with Crippen LogP contribution >= 0.6 is 0 Å². The molecule has 2 aromatic carbocycles. The van der Waals surface area contributed by atoms with Gasteiger partial charge in [0.05, 0.1) is 17.4 Å². The summed E-state index contributed by atoms with van der Waals surface area (Å²) in [6.07, 6.45) is 2.09. The molecule has 0 saturated heterocycles. The van der Waals surface area contributed by atoms with Crippen molar-refractivity contribution < 1.29 is 14.3 Å². The van der Waals surface area contributed by atoms with Crippen LogP contribution in [0.5, 0.6) is 5.75 Å². The zero-order valence-electron chi connectivity index (χ0n) is 15.4. The fourth-order valence-electron chi connectivity index (χ4n) is 2.54. The molecule has 3 rings (SSSR count). The molecule has 0 atom stereocenters. The summed E-state index contributed by atoms with van der Waals surface area (Å²) in [6.45, 7) is 0.539. The van der Waals surface area contributed by atoms with Gasteiger partial charge in [-0.3, -0.25) is 9.59 Å². The highest BCUT2D eigenvalue weighted by Crippen LogP contribution is 2.16. The zero-order chi connectivity index (χ0) is 19.2. The molecule has 7 nitrogen and oxygen atoms in total. The Bertz CT molecular complexity index is 932. The summed E-state index contributed by atoms with van der Waals surface area (Å²) >= 11 is 0. The number of para-hydroxylation sites is 2. The van der Waals surface area contributed by atoms with Crippen molar-refractivity contribution in [1.29, 1.82) is 0 Å². The highest BCUT2D eigenvalue weighted by molar-refractivity contribution is 5.90. The molecule has 1 heterocycles. The summed E-state index contributed by atoms with van der Waals surface area (Å²) < 4.78 is 7.38. The Morgan fingerprint density at radius 3 is 2.59 bits per heavy atom. The van der Waals surface area contributed by atoms with Gasteiger partial charge in [0.2, 0.25) is 5.91 Å². The van der Waals surface area contributed by atoms with Crippen molar-refractivity contribution in [3.63, 3.8) is 0 Å². The van der Waals surface area contributed by atoms with Crippen LogP contribution in [-0.2, 0) is 16.1 Å². The standard InChI is InChI=1S/C20H22N4O3/c1-23(2)20(26)13-27-16-9-7-15(8-10-16)22-19(25)11-12-24-14-21-17-5-3-4-6-18(17)24/h3-10,14H,11-13H2,1-2H3,(H,22,25). The van der Waals surface area contributed by atoms with E-state index < -0.39 is 0 Å². The Balaban J connectivity index is 1.50. The van der Waals surface area contributed by atoms with Gasteiger partial charge in [0.1, 0.15) is 5.75 Å².